The number of hydrogen-bond donors (Lipinski definition) is 1. The molecule has 31 heavy (non-hydrogen) atoms. The number of nitrogens with one attached hydrogen (secondary N) is 1. The summed E-state index contributed by atoms with van der Waals surface area (Å²) in [4.78, 5) is 27.9. The Balaban J connectivity index is 1.67. The van der Waals surface area contributed by atoms with Crippen LogP contribution in [0.1, 0.15) is 56.2 Å². The van der Waals surface area contributed by atoms with Gasteiger partial charge in [-0.15, -0.1) is 16.4 Å². The largest absolute Gasteiger partial charge is 0.308 e. The van der Waals surface area contributed by atoms with Crippen LogP contribution in [-0.4, -0.2) is 30.7 Å². The fourth-order valence-electron chi connectivity index (χ4n) is 4.10. The molecular formula is C21H25N7O2S. The highest BCUT2D eigenvalue weighted by Crippen LogP contribution is 2.41. The van der Waals surface area contributed by atoms with Crippen LogP contribution in [-0.2, 0) is 24.7 Å². The van der Waals surface area contributed by atoms with Crippen molar-refractivity contribution in [1.82, 2.24) is 24.8 Å². The molecule has 0 spiro atoms. The Morgan fingerprint density at radius 3 is 2.84 bits per heavy atom. The molecule has 2 atom stereocenters. The summed E-state index contributed by atoms with van der Waals surface area (Å²) in [5.74, 6) is 0.372. The van der Waals surface area contributed by atoms with E-state index in [9.17, 15) is 14.9 Å². The van der Waals surface area contributed by atoms with Crippen molar-refractivity contribution in [2.75, 3.05) is 5.32 Å². The number of aryl methyl sites for hydroxylation is 2. The van der Waals surface area contributed by atoms with Gasteiger partial charge in [0.05, 0.1) is 11.6 Å². The summed E-state index contributed by atoms with van der Waals surface area (Å²) >= 11 is 1.54. The second-order valence-corrected chi connectivity index (χ2v) is 10.2. The zero-order valence-corrected chi connectivity index (χ0v) is 19.1. The Bertz CT molecular complexity index is 1270. The van der Waals surface area contributed by atoms with Crippen LogP contribution < -0.4 is 10.9 Å². The van der Waals surface area contributed by atoms with Gasteiger partial charge in [-0.25, -0.2) is 0 Å². The van der Waals surface area contributed by atoms with Crippen molar-refractivity contribution in [2.45, 2.75) is 53.0 Å². The molecule has 162 valence electrons. The van der Waals surface area contributed by atoms with Crippen molar-refractivity contribution in [3.05, 3.63) is 32.6 Å². The smallest absolute Gasteiger partial charge is 0.279 e. The quantitative estimate of drug-likeness (QED) is 0.670. The van der Waals surface area contributed by atoms with Gasteiger partial charge in [0.25, 0.3) is 5.56 Å². The number of hydrogen-bond acceptors (Lipinski definition) is 7. The van der Waals surface area contributed by atoms with Crippen molar-refractivity contribution >= 4 is 33.3 Å². The van der Waals surface area contributed by atoms with Crippen LogP contribution in [0, 0.1) is 22.7 Å². The zero-order chi connectivity index (χ0) is 22.5. The minimum absolute atomic E-state index is 0.209. The molecule has 0 radical (unpaired) electrons. The van der Waals surface area contributed by atoms with Crippen LogP contribution >= 0.6 is 11.3 Å². The van der Waals surface area contributed by atoms with E-state index >= 15 is 0 Å². The van der Waals surface area contributed by atoms with E-state index in [0.29, 0.717) is 16.1 Å². The first-order valence-corrected chi connectivity index (χ1v) is 11.1. The third kappa shape index (κ3) is 3.63. The fraction of sp³-hybridized carbons (Fsp3) is 0.524. The first kappa shape index (κ1) is 21.2. The maximum atomic E-state index is 13.3. The Morgan fingerprint density at radius 2 is 2.16 bits per heavy atom. The lowest BCUT2D eigenvalue weighted by molar-refractivity contribution is -0.119. The summed E-state index contributed by atoms with van der Waals surface area (Å²) in [6, 6.07) is 1.09. The number of amides is 1. The lowest BCUT2D eigenvalue weighted by Gasteiger charge is -2.33. The number of rotatable bonds is 3. The average Bonchev–Trinajstić information content (AvgIpc) is 3.27. The Hall–Kier alpha value is -3.06. The number of fused-ring (bicyclic) bond motifs is 3. The van der Waals surface area contributed by atoms with Crippen molar-refractivity contribution in [3.8, 4) is 6.07 Å². The molecule has 3 aromatic heterocycles. The third-order valence-electron chi connectivity index (χ3n) is 6.17. The van der Waals surface area contributed by atoms with E-state index in [4.69, 9.17) is 0 Å². The van der Waals surface area contributed by atoms with Crippen molar-refractivity contribution in [1.29, 1.82) is 5.26 Å². The van der Waals surface area contributed by atoms with E-state index < -0.39 is 11.9 Å². The summed E-state index contributed by atoms with van der Waals surface area (Å²) < 4.78 is 2.53. The van der Waals surface area contributed by atoms with Crippen molar-refractivity contribution in [3.63, 3.8) is 0 Å². The number of nitrogens with zero attached hydrogens (tertiary/aromatic N) is 6. The van der Waals surface area contributed by atoms with Gasteiger partial charge in [0.2, 0.25) is 5.91 Å². The molecule has 10 heteroatoms. The predicted molar refractivity (Wildman–Crippen MR) is 118 cm³/mol. The lowest BCUT2D eigenvalue weighted by atomic mass is 9.72. The van der Waals surface area contributed by atoms with Crippen molar-refractivity contribution in [2.24, 2.45) is 18.4 Å². The molecule has 4 rings (SSSR count). The number of anilines is 1. The maximum absolute atomic E-state index is 13.3. The highest BCUT2D eigenvalue weighted by Gasteiger charge is 2.32. The van der Waals surface area contributed by atoms with E-state index in [1.165, 1.54) is 27.1 Å². The molecule has 1 amide bonds. The highest BCUT2D eigenvalue weighted by molar-refractivity contribution is 7.18. The van der Waals surface area contributed by atoms with E-state index in [2.05, 4.69) is 41.5 Å². The number of carbonyl (C=O) groups is 1. The molecule has 3 aromatic rings. The van der Waals surface area contributed by atoms with Gasteiger partial charge in [0.15, 0.2) is 4.83 Å². The first-order valence-electron chi connectivity index (χ1n) is 10.2. The molecule has 9 nitrogen and oxygen atoms in total. The van der Waals surface area contributed by atoms with E-state index in [-0.39, 0.29) is 22.4 Å². The lowest BCUT2D eigenvalue weighted by Crippen LogP contribution is -2.35. The standard InChI is InChI=1S/C21H25N7O2S/c1-11(18(29)24-17-12(9-22)10-23-27(17)5)28-20(30)16-14-7-6-13(21(2,3)4)8-15(14)31-19(16)25-26-28/h10-11,13H,6-8H2,1-5H3,(H,24,29). The molecule has 0 aromatic carbocycles. The van der Waals surface area contributed by atoms with Crippen molar-refractivity contribution < 1.29 is 4.79 Å². The van der Waals surface area contributed by atoms with Gasteiger partial charge in [0.1, 0.15) is 23.5 Å². The topological polar surface area (TPSA) is 118 Å². The third-order valence-corrected chi connectivity index (χ3v) is 7.31. The summed E-state index contributed by atoms with van der Waals surface area (Å²) in [7, 11) is 1.63. The summed E-state index contributed by atoms with van der Waals surface area (Å²) in [5, 5.41) is 24.7. The molecule has 0 saturated carbocycles. The van der Waals surface area contributed by atoms with Crippen LogP contribution in [0.25, 0.3) is 10.2 Å². The normalized spacial score (nSPS) is 17.2. The van der Waals surface area contributed by atoms with Crippen LogP contribution in [0.2, 0.25) is 0 Å². The monoisotopic (exact) mass is 439 g/mol. The van der Waals surface area contributed by atoms with Crippen LogP contribution in [0.3, 0.4) is 0 Å². The van der Waals surface area contributed by atoms with Gasteiger partial charge in [-0.05, 0) is 43.1 Å². The van der Waals surface area contributed by atoms with Gasteiger partial charge >= 0.3 is 0 Å². The van der Waals surface area contributed by atoms with Gasteiger partial charge in [-0.1, -0.05) is 26.0 Å². The molecule has 0 fully saturated rings. The molecule has 3 heterocycles. The number of aromatic nitrogens is 5. The Labute approximate surface area is 183 Å². The van der Waals surface area contributed by atoms with Crippen LogP contribution in [0.5, 0.6) is 0 Å². The number of carbonyl (C=O) groups excluding carboxylic acids is 1. The molecule has 0 bridgehead atoms. The summed E-state index contributed by atoms with van der Waals surface area (Å²) in [6.07, 6.45) is 4.17. The first-order chi connectivity index (χ1) is 14.6. The molecule has 2 unspecified atom stereocenters. The molecule has 0 aliphatic heterocycles. The maximum Gasteiger partial charge on any atom is 0.279 e. The highest BCUT2D eigenvalue weighted by atomic mass is 32.1. The number of nitriles is 1. The fourth-order valence-corrected chi connectivity index (χ4v) is 5.33. The van der Waals surface area contributed by atoms with Gasteiger partial charge < -0.3 is 5.32 Å². The summed E-state index contributed by atoms with van der Waals surface area (Å²) in [5.41, 5.74) is 1.21. The van der Waals surface area contributed by atoms with Crippen LogP contribution in [0.4, 0.5) is 5.82 Å². The SMILES string of the molecule is CC(C(=O)Nc1c(C#N)cnn1C)n1nnc2sc3c(c2c1=O)CCC(C(C)(C)C)C3. The van der Waals surface area contributed by atoms with Gasteiger partial charge in [-0.2, -0.15) is 15.0 Å². The number of thiophene rings is 1. The minimum atomic E-state index is -0.896. The van der Waals surface area contributed by atoms with E-state index in [0.717, 1.165) is 29.5 Å². The van der Waals surface area contributed by atoms with E-state index in [1.807, 2.05) is 6.07 Å². The predicted octanol–water partition coefficient (Wildman–Crippen LogP) is 2.81. The molecule has 0 saturated heterocycles. The zero-order valence-electron chi connectivity index (χ0n) is 18.3. The molecule has 1 aliphatic carbocycles. The van der Waals surface area contributed by atoms with Crippen LogP contribution in [0.15, 0.2) is 11.0 Å². The second-order valence-electron chi connectivity index (χ2n) is 9.14. The molecular weight excluding hydrogens is 414 g/mol. The summed E-state index contributed by atoms with van der Waals surface area (Å²) in [6.45, 7) is 8.35. The van der Waals surface area contributed by atoms with E-state index in [1.54, 1.807) is 14.0 Å². The minimum Gasteiger partial charge on any atom is -0.308 e. The van der Waals surface area contributed by atoms with Gasteiger partial charge in [0, 0.05) is 11.9 Å². The average molecular weight is 440 g/mol. The Morgan fingerprint density at radius 1 is 1.42 bits per heavy atom. The van der Waals surface area contributed by atoms with Gasteiger partial charge in [-0.3, -0.25) is 14.3 Å². The second kappa shape index (κ2) is 7.57. The molecule has 1 N–H and O–H groups in total. The molecule has 1 aliphatic rings. The Kier molecular flexibility index (Phi) is 5.17.